The van der Waals surface area contributed by atoms with Gasteiger partial charge in [0.05, 0.1) is 5.69 Å². The number of hydrogen-bond acceptors (Lipinski definition) is 2. The molecule has 2 amide bonds. The Kier molecular flexibility index (Phi) is 8.76. The Balaban J connectivity index is 0.00000312. The fourth-order valence-electron chi connectivity index (χ4n) is 3.02. The maximum absolute atomic E-state index is 11.7. The first-order valence-electron chi connectivity index (χ1n) is 9.06. The van der Waals surface area contributed by atoms with Gasteiger partial charge in [-0.05, 0) is 42.7 Å². The van der Waals surface area contributed by atoms with Crippen molar-refractivity contribution in [2.75, 3.05) is 18.5 Å². The fourth-order valence-corrected chi connectivity index (χ4v) is 3.02. The zero-order valence-corrected chi connectivity index (χ0v) is 16.3. The van der Waals surface area contributed by atoms with Crippen LogP contribution in [-0.2, 0) is 12.8 Å². The van der Waals surface area contributed by atoms with Crippen molar-refractivity contribution in [3.05, 3.63) is 29.3 Å². The fraction of sp³-hybridized carbons (Fsp3) is 0.579. The standard InChI is InChI=1S/C19H30N4O.ClH/c1-4-7-15-9-6-10-16(8-5-2)17(15)23(13-14-11-12-14)18(20)22-19(24)21-3;/h6,9-10,14H,4-5,7-8,11-13H2,1-3H3,(H3,20,21,22,24);1H. The molecule has 0 radical (unpaired) electrons. The molecular formula is C19H31ClN4O. The van der Waals surface area contributed by atoms with Crippen molar-refractivity contribution in [1.82, 2.24) is 10.6 Å². The van der Waals surface area contributed by atoms with Crippen LogP contribution in [0.5, 0.6) is 0 Å². The van der Waals surface area contributed by atoms with Gasteiger partial charge in [0.1, 0.15) is 0 Å². The van der Waals surface area contributed by atoms with E-state index in [0.29, 0.717) is 5.92 Å². The first kappa shape index (κ1) is 21.3. The summed E-state index contributed by atoms with van der Waals surface area (Å²) in [6, 6.07) is 6.09. The van der Waals surface area contributed by atoms with Crippen LogP contribution >= 0.6 is 12.4 Å². The van der Waals surface area contributed by atoms with Gasteiger partial charge in [0.15, 0.2) is 0 Å². The number of carbonyl (C=O) groups excluding carboxylic acids is 1. The monoisotopic (exact) mass is 366 g/mol. The SMILES string of the molecule is CCCc1cccc(CCC)c1N(CC1CC1)C(=N)NC(=O)NC.Cl. The number of nitrogens with one attached hydrogen (secondary N) is 3. The zero-order chi connectivity index (χ0) is 17.5. The minimum Gasteiger partial charge on any atom is -0.341 e. The molecule has 0 heterocycles. The molecule has 1 aliphatic rings. The van der Waals surface area contributed by atoms with Gasteiger partial charge in [-0.3, -0.25) is 10.7 Å². The summed E-state index contributed by atoms with van der Waals surface area (Å²) >= 11 is 0. The Morgan fingerprint density at radius 3 is 2.20 bits per heavy atom. The van der Waals surface area contributed by atoms with Gasteiger partial charge in [-0.15, -0.1) is 12.4 Å². The summed E-state index contributed by atoms with van der Waals surface area (Å²) < 4.78 is 0. The van der Waals surface area contributed by atoms with Gasteiger partial charge in [-0.2, -0.15) is 0 Å². The van der Waals surface area contributed by atoms with E-state index in [0.717, 1.165) is 37.9 Å². The highest BCUT2D eigenvalue weighted by Crippen LogP contribution is 2.35. The quantitative estimate of drug-likeness (QED) is 0.502. The van der Waals surface area contributed by atoms with Crippen molar-refractivity contribution in [2.45, 2.75) is 52.4 Å². The molecule has 5 nitrogen and oxygen atoms in total. The Morgan fingerprint density at radius 2 is 1.76 bits per heavy atom. The van der Waals surface area contributed by atoms with Crippen LogP contribution in [0.3, 0.4) is 0 Å². The van der Waals surface area contributed by atoms with E-state index in [1.54, 1.807) is 7.05 Å². The van der Waals surface area contributed by atoms with Gasteiger partial charge >= 0.3 is 6.03 Å². The summed E-state index contributed by atoms with van der Waals surface area (Å²) in [5.74, 6) is 0.795. The van der Waals surface area contributed by atoms with Crippen LogP contribution in [-0.4, -0.2) is 25.6 Å². The highest BCUT2D eigenvalue weighted by atomic mass is 35.5. The summed E-state index contributed by atoms with van der Waals surface area (Å²) in [6.07, 6.45) is 6.53. The van der Waals surface area contributed by atoms with Crippen molar-refractivity contribution < 1.29 is 4.79 Å². The molecule has 1 fully saturated rings. The van der Waals surface area contributed by atoms with Gasteiger partial charge in [0.25, 0.3) is 0 Å². The zero-order valence-electron chi connectivity index (χ0n) is 15.5. The van der Waals surface area contributed by atoms with E-state index in [1.807, 2.05) is 4.90 Å². The molecule has 25 heavy (non-hydrogen) atoms. The average molecular weight is 367 g/mol. The van der Waals surface area contributed by atoms with E-state index in [-0.39, 0.29) is 24.4 Å². The lowest BCUT2D eigenvalue weighted by Gasteiger charge is -2.30. The maximum Gasteiger partial charge on any atom is 0.321 e. The largest absolute Gasteiger partial charge is 0.341 e. The third-order valence-corrected chi connectivity index (χ3v) is 4.38. The lowest BCUT2D eigenvalue weighted by molar-refractivity contribution is 0.247. The highest BCUT2D eigenvalue weighted by molar-refractivity contribution is 6.04. The first-order valence-corrected chi connectivity index (χ1v) is 9.06. The number of anilines is 1. The summed E-state index contributed by atoms with van der Waals surface area (Å²) in [5.41, 5.74) is 3.68. The topological polar surface area (TPSA) is 68.2 Å². The molecule has 140 valence electrons. The van der Waals surface area contributed by atoms with E-state index in [1.165, 1.54) is 24.0 Å². The molecule has 1 aromatic rings. The summed E-state index contributed by atoms with van der Waals surface area (Å²) in [6.45, 7) is 5.16. The van der Waals surface area contributed by atoms with Gasteiger partial charge in [-0.25, -0.2) is 4.79 Å². The second-order valence-electron chi connectivity index (χ2n) is 6.53. The number of nitrogens with zero attached hydrogens (tertiary/aromatic N) is 1. The second-order valence-corrected chi connectivity index (χ2v) is 6.53. The number of benzene rings is 1. The minimum atomic E-state index is -0.342. The third kappa shape index (κ3) is 5.92. The average Bonchev–Trinajstić information content (AvgIpc) is 3.38. The molecule has 0 spiro atoms. The van der Waals surface area contributed by atoms with Crippen LogP contribution < -0.4 is 15.5 Å². The van der Waals surface area contributed by atoms with E-state index >= 15 is 0 Å². The van der Waals surface area contributed by atoms with Crippen molar-refractivity contribution in [1.29, 1.82) is 5.41 Å². The minimum absolute atomic E-state index is 0. The molecule has 0 aliphatic heterocycles. The van der Waals surface area contributed by atoms with Crippen molar-refractivity contribution >= 4 is 30.1 Å². The third-order valence-electron chi connectivity index (χ3n) is 4.38. The highest BCUT2D eigenvalue weighted by Gasteiger charge is 2.29. The summed E-state index contributed by atoms with van der Waals surface area (Å²) in [7, 11) is 1.57. The number of amides is 2. The molecule has 0 aromatic heterocycles. The van der Waals surface area contributed by atoms with Crippen LogP contribution in [0.25, 0.3) is 0 Å². The molecule has 1 aromatic carbocycles. The normalized spacial score (nSPS) is 12.9. The molecule has 3 N–H and O–H groups in total. The van der Waals surface area contributed by atoms with Crippen LogP contribution in [0.15, 0.2) is 18.2 Å². The predicted molar refractivity (Wildman–Crippen MR) is 107 cm³/mol. The van der Waals surface area contributed by atoms with Gasteiger partial charge in [0, 0.05) is 13.6 Å². The van der Waals surface area contributed by atoms with Crippen LogP contribution in [0.1, 0.15) is 50.7 Å². The van der Waals surface area contributed by atoms with Crippen LogP contribution in [0, 0.1) is 11.3 Å². The number of para-hydroxylation sites is 1. The number of rotatable bonds is 7. The smallest absolute Gasteiger partial charge is 0.321 e. The lowest BCUT2D eigenvalue weighted by Crippen LogP contribution is -2.48. The Labute approximate surface area is 157 Å². The lowest BCUT2D eigenvalue weighted by atomic mass is 9.99. The molecule has 6 heteroatoms. The second kappa shape index (κ2) is 10.3. The van der Waals surface area contributed by atoms with Crippen molar-refractivity contribution in [3.8, 4) is 0 Å². The molecule has 0 atom stereocenters. The molecule has 1 aliphatic carbocycles. The molecule has 1 saturated carbocycles. The number of aryl methyl sites for hydroxylation is 2. The van der Waals surface area contributed by atoms with E-state index < -0.39 is 0 Å². The maximum atomic E-state index is 11.7. The summed E-state index contributed by atoms with van der Waals surface area (Å²) in [5, 5.41) is 13.6. The van der Waals surface area contributed by atoms with E-state index in [2.05, 4.69) is 42.7 Å². The number of guanidine groups is 1. The first-order chi connectivity index (χ1) is 11.6. The molecule has 2 rings (SSSR count). The van der Waals surface area contributed by atoms with Gasteiger partial charge in [-0.1, -0.05) is 44.9 Å². The molecular weight excluding hydrogens is 336 g/mol. The Hall–Kier alpha value is -1.75. The Morgan fingerprint density at radius 1 is 1.20 bits per heavy atom. The molecule has 0 bridgehead atoms. The number of hydrogen-bond donors (Lipinski definition) is 3. The van der Waals surface area contributed by atoms with Gasteiger partial charge in [0.2, 0.25) is 5.96 Å². The molecule has 0 saturated heterocycles. The number of urea groups is 1. The van der Waals surface area contributed by atoms with E-state index in [4.69, 9.17) is 5.41 Å². The Bertz CT molecular complexity index is 563. The van der Waals surface area contributed by atoms with Gasteiger partial charge < -0.3 is 10.2 Å². The summed E-state index contributed by atoms with van der Waals surface area (Å²) in [4.78, 5) is 13.7. The molecule has 0 unspecified atom stereocenters. The number of halogens is 1. The van der Waals surface area contributed by atoms with Crippen LogP contribution in [0.2, 0.25) is 0 Å². The number of carbonyl (C=O) groups is 1. The van der Waals surface area contributed by atoms with Crippen molar-refractivity contribution in [3.63, 3.8) is 0 Å². The van der Waals surface area contributed by atoms with Crippen LogP contribution in [0.4, 0.5) is 10.5 Å². The van der Waals surface area contributed by atoms with Crippen molar-refractivity contribution in [2.24, 2.45) is 5.92 Å². The predicted octanol–water partition coefficient (Wildman–Crippen LogP) is 4.09. The van der Waals surface area contributed by atoms with E-state index in [9.17, 15) is 4.79 Å².